The van der Waals surface area contributed by atoms with Crippen LogP contribution in [0.15, 0.2) is 79.0 Å². The average Bonchev–Trinajstić information content (AvgIpc) is 2.74. The Labute approximate surface area is 171 Å². The van der Waals surface area contributed by atoms with E-state index in [0.29, 0.717) is 13.0 Å². The summed E-state index contributed by atoms with van der Waals surface area (Å²) in [5, 5.41) is 3.09. The summed E-state index contributed by atoms with van der Waals surface area (Å²) < 4.78 is 13.4. The fraction of sp³-hybridized carbons (Fsp3) is 0.250. The second kappa shape index (κ2) is 9.94. The maximum absolute atomic E-state index is 13.4. The van der Waals surface area contributed by atoms with Gasteiger partial charge in [0.2, 0.25) is 5.91 Å². The van der Waals surface area contributed by atoms with E-state index in [-0.39, 0.29) is 17.8 Å². The fourth-order valence-corrected chi connectivity index (χ4v) is 3.38. The fourth-order valence-electron chi connectivity index (χ4n) is 3.38. The van der Waals surface area contributed by atoms with Crippen LogP contribution in [0.1, 0.15) is 28.8 Å². The Morgan fingerprint density at radius 3 is 2.28 bits per heavy atom. The molecule has 0 fully saturated rings. The van der Waals surface area contributed by atoms with Crippen molar-refractivity contribution < 1.29 is 9.18 Å². The predicted molar refractivity (Wildman–Crippen MR) is 113 cm³/mol. The molecule has 3 aromatic rings. The van der Waals surface area contributed by atoms with Crippen molar-refractivity contribution in [2.75, 3.05) is 20.6 Å². The Kier molecular flexibility index (Phi) is 7.09. The van der Waals surface area contributed by atoms with Gasteiger partial charge >= 0.3 is 0 Å². The first-order valence-electron chi connectivity index (χ1n) is 9.69. The van der Waals surface area contributed by atoms with E-state index in [0.717, 1.165) is 16.8 Å². The summed E-state index contributed by atoms with van der Waals surface area (Å²) in [7, 11) is 3.99. The third-order valence-electron chi connectivity index (χ3n) is 5.01. The lowest BCUT2D eigenvalue weighted by Crippen LogP contribution is -2.37. The number of carbonyl (C=O) groups is 1. The molecule has 2 atom stereocenters. The lowest BCUT2D eigenvalue weighted by molar-refractivity contribution is -0.122. The molecule has 0 aliphatic carbocycles. The van der Waals surface area contributed by atoms with Gasteiger partial charge in [-0.2, -0.15) is 0 Å². The first-order valence-corrected chi connectivity index (χ1v) is 9.69. The molecule has 2 unspecified atom stereocenters. The van der Waals surface area contributed by atoms with E-state index >= 15 is 0 Å². The zero-order chi connectivity index (χ0) is 20.6. The SMILES string of the molecule is CN(C)C(CNC(=O)C(Cc1ccccn1)c1ccc(F)cc1)c1ccccc1. The number of carbonyl (C=O) groups excluding carboxylic acids is 1. The number of halogens is 1. The molecule has 1 heterocycles. The number of nitrogens with zero attached hydrogens (tertiary/aromatic N) is 2. The number of rotatable bonds is 8. The van der Waals surface area contributed by atoms with Crippen LogP contribution in [0.3, 0.4) is 0 Å². The minimum Gasteiger partial charge on any atom is -0.354 e. The van der Waals surface area contributed by atoms with Crippen LogP contribution in [0.25, 0.3) is 0 Å². The van der Waals surface area contributed by atoms with Crippen molar-refractivity contribution in [3.05, 3.63) is 102 Å². The Bertz CT molecular complexity index is 898. The van der Waals surface area contributed by atoms with Crippen LogP contribution >= 0.6 is 0 Å². The molecule has 0 aliphatic heterocycles. The summed E-state index contributed by atoms with van der Waals surface area (Å²) in [6.07, 6.45) is 2.17. The van der Waals surface area contributed by atoms with Gasteiger partial charge in [-0.25, -0.2) is 4.39 Å². The molecule has 5 heteroatoms. The van der Waals surface area contributed by atoms with Crippen molar-refractivity contribution in [1.82, 2.24) is 15.2 Å². The Hall–Kier alpha value is -3.05. The van der Waals surface area contributed by atoms with Gasteiger partial charge in [0, 0.05) is 24.9 Å². The first kappa shape index (κ1) is 20.7. The van der Waals surface area contributed by atoms with Crippen LogP contribution in [-0.4, -0.2) is 36.4 Å². The second-order valence-electron chi connectivity index (χ2n) is 7.26. The minimum absolute atomic E-state index is 0.0591. The van der Waals surface area contributed by atoms with Gasteiger partial charge in [-0.1, -0.05) is 48.5 Å². The molecule has 1 amide bonds. The molecule has 2 aromatic carbocycles. The molecule has 4 nitrogen and oxygen atoms in total. The number of pyridine rings is 1. The molecule has 1 N–H and O–H groups in total. The molecule has 0 bridgehead atoms. The number of nitrogens with one attached hydrogen (secondary N) is 1. The number of likely N-dealkylation sites (N-methyl/N-ethyl adjacent to an activating group) is 1. The topological polar surface area (TPSA) is 45.2 Å². The monoisotopic (exact) mass is 391 g/mol. The maximum Gasteiger partial charge on any atom is 0.228 e. The third-order valence-corrected chi connectivity index (χ3v) is 5.01. The van der Waals surface area contributed by atoms with E-state index in [4.69, 9.17) is 0 Å². The van der Waals surface area contributed by atoms with Gasteiger partial charge in [0.1, 0.15) is 5.82 Å². The summed E-state index contributed by atoms with van der Waals surface area (Å²) in [5.74, 6) is -0.850. The van der Waals surface area contributed by atoms with Gasteiger partial charge < -0.3 is 10.2 Å². The predicted octanol–water partition coefficient (Wildman–Crippen LogP) is 3.97. The van der Waals surface area contributed by atoms with Crippen molar-refractivity contribution in [2.24, 2.45) is 0 Å². The van der Waals surface area contributed by atoms with Gasteiger partial charge in [0.25, 0.3) is 0 Å². The van der Waals surface area contributed by atoms with Gasteiger partial charge in [-0.05, 0) is 49.5 Å². The zero-order valence-corrected chi connectivity index (χ0v) is 16.8. The molecule has 0 saturated carbocycles. The summed E-state index contributed by atoms with van der Waals surface area (Å²) in [6, 6.07) is 21.9. The Balaban J connectivity index is 1.77. The van der Waals surface area contributed by atoms with Crippen molar-refractivity contribution in [2.45, 2.75) is 18.4 Å². The highest BCUT2D eigenvalue weighted by atomic mass is 19.1. The van der Waals surface area contributed by atoms with Crippen LogP contribution < -0.4 is 5.32 Å². The molecule has 0 spiro atoms. The number of hydrogen-bond donors (Lipinski definition) is 1. The van der Waals surface area contributed by atoms with E-state index in [1.165, 1.54) is 12.1 Å². The van der Waals surface area contributed by atoms with E-state index in [2.05, 4.69) is 27.3 Å². The molecule has 3 rings (SSSR count). The highest BCUT2D eigenvalue weighted by Gasteiger charge is 2.23. The van der Waals surface area contributed by atoms with E-state index in [9.17, 15) is 9.18 Å². The molecule has 29 heavy (non-hydrogen) atoms. The maximum atomic E-state index is 13.4. The first-order chi connectivity index (χ1) is 14.0. The van der Waals surface area contributed by atoms with E-state index < -0.39 is 5.92 Å². The molecule has 150 valence electrons. The quantitative estimate of drug-likeness (QED) is 0.632. The zero-order valence-electron chi connectivity index (χ0n) is 16.8. The standard InChI is InChI=1S/C24H26FN3O/c1-28(2)23(19-8-4-3-5-9-19)17-27-24(29)22(16-21-10-6-7-15-26-21)18-11-13-20(25)14-12-18/h3-15,22-23H,16-17H2,1-2H3,(H,27,29). The van der Waals surface area contributed by atoms with Crippen LogP contribution in [0.4, 0.5) is 4.39 Å². The summed E-state index contributed by atoms with van der Waals surface area (Å²) in [5.41, 5.74) is 2.74. The van der Waals surface area contributed by atoms with Gasteiger partial charge in [0.05, 0.1) is 12.0 Å². The van der Waals surface area contributed by atoms with Crippen LogP contribution in [0.5, 0.6) is 0 Å². The van der Waals surface area contributed by atoms with E-state index in [1.807, 2.05) is 50.5 Å². The van der Waals surface area contributed by atoms with Crippen molar-refractivity contribution in [1.29, 1.82) is 0 Å². The highest BCUT2D eigenvalue weighted by Crippen LogP contribution is 2.22. The summed E-state index contributed by atoms with van der Waals surface area (Å²) >= 11 is 0. The van der Waals surface area contributed by atoms with Crippen molar-refractivity contribution >= 4 is 5.91 Å². The number of amides is 1. The average molecular weight is 391 g/mol. The molecule has 0 saturated heterocycles. The van der Waals surface area contributed by atoms with Crippen molar-refractivity contribution in [3.63, 3.8) is 0 Å². The van der Waals surface area contributed by atoms with Crippen molar-refractivity contribution in [3.8, 4) is 0 Å². The number of benzene rings is 2. The molecule has 0 radical (unpaired) electrons. The van der Waals surface area contributed by atoms with E-state index in [1.54, 1.807) is 18.3 Å². The Morgan fingerprint density at radius 2 is 1.66 bits per heavy atom. The minimum atomic E-state index is -0.441. The largest absolute Gasteiger partial charge is 0.354 e. The smallest absolute Gasteiger partial charge is 0.228 e. The molecular weight excluding hydrogens is 365 g/mol. The highest BCUT2D eigenvalue weighted by molar-refractivity contribution is 5.84. The molecular formula is C24H26FN3O. The van der Waals surface area contributed by atoms with Crippen LogP contribution in [0, 0.1) is 5.82 Å². The third kappa shape index (κ3) is 5.72. The summed E-state index contributed by atoms with van der Waals surface area (Å²) in [4.78, 5) is 19.6. The lowest BCUT2D eigenvalue weighted by atomic mass is 9.92. The molecule has 0 aliphatic rings. The molecule has 1 aromatic heterocycles. The Morgan fingerprint density at radius 1 is 0.966 bits per heavy atom. The van der Waals surface area contributed by atoms with Gasteiger partial charge in [0.15, 0.2) is 0 Å². The number of hydrogen-bond acceptors (Lipinski definition) is 3. The summed E-state index contributed by atoms with van der Waals surface area (Å²) in [6.45, 7) is 0.482. The second-order valence-corrected chi connectivity index (χ2v) is 7.26. The lowest BCUT2D eigenvalue weighted by Gasteiger charge is -2.26. The van der Waals surface area contributed by atoms with Crippen LogP contribution in [0.2, 0.25) is 0 Å². The number of aromatic nitrogens is 1. The van der Waals surface area contributed by atoms with Gasteiger partial charge in [-0.15, -0.1) is 0 Å². The van der Waals surface area contributed by atoms with Gasteiger partial charge in [-0.3, -0.25) is 9.78 Å². The van der Waals surface area contributed by atoms with Crippen LogP contribution in [-0.2, 0) is 11.2 Å². The normalized spacial score (nSPS) is 13.1.